The highest BCUT2D eigenvalue weighted by molar-refractivity contribution is 5.92. The van der Waals surface area contributed by atoms with Gasteiger partial charge in [-0.15, -0.1) is 0 Å². The van der Waals surface area contributed by atoms with Gasteiger partial charge in [0.1, 0.15) is 0 Å². The van der Waals surface area contributed by atoms with Crippen LogP contribution in [0.1, 0.15) is 16.7 Å². The number of hydrogen-bond acceptors (Lipinski definition) is 2. The molecule has 132 valence electrons. The minimum absolute atomic E-state index is 0.000701. The molecule has 1 amide bonds. The number of carbonyl (C=O) groups excluding carboxylic acids is 1. The Morgan fingerprint density at radius 2 is 1.50 bits per heavy atom. The fourth-order valence-electron chi connectivity index (χ4n) is 2.84. The number of aryl methyl sites for hydroxylation is 1. The minimum Gasteiger partial charge on any atom is -0.370 e. The van der Waals surface area contributed by atoms with Crippen LogP contribution in [-0.4, -0.2) is 13.0 Å². The monoisotopic (exact) mass is 344 g/mol. The normalized spacial score (nSPS) is 10.4. The molecule has 3 rings (SSSR count). The first-order valence-electron chi connectivity index (χ1n) is 8.81. The number of amides is 1. The molecule has 0 bridgehead atoms. The summed E-state index contributed by atoms with van der Waals surface area (Å²) < 4.78 is 0. The van der Waals surface area contributed by atoms with Crippen molar-refractivity contribution in [2.45, 2.75) is 19.9 Å². The van der Waals surface area contributed by atoms with Crippen molar-refractivity contribution in [3.63, 3.8) is 0 Å². The van der Waals surface area contributed by atoms with Crippen molar-refractivity contribution in [1.82, 2.24) is 0 Å². The molecule has 3 heteroatoms. The average Bonchev–Trinajstić information content (AvgIpc) is 2.65. The van der Waals surface area contributed by atoms with Crippen LogP contribution in [0.15, 0.2) is 78.9 Å². The lowest BCUT2D eigenvalue weighted by Gasteiger charge is -2.19. The molecule has 0 aromatic heterocycles. The first-order chi connectivity index (χ1) is 12.6. The molecule has 0 atom stereocenters. The Labute approximate surface area is 155 Å². The molecule has 0 aliphatic heterocycles. The van der Waals surface area contributed by atoms with Crippen LogP contribution in [0.5, 0.6) is 0 Å². The first-order valence-corrected chi connectivity index (χ1v) is 8.81. The van der Waals surface area contributed by atoms with Gasteiger partial charge < -0.3 is 10.2 Å². The summed E-state index contributed by atoms with van der Waals surface area (Å²) in [5.41, 5.74) is 5.42. The van der Waals surface area contributed by atoms with Crippen molar-refractivity contribution in [3.8, 4) is 0 Å². The van der Waals surface area contributed by atoms with E-state index >= 15 is 0 Å². The summed E-state index contributed by atoms with van der Waals surface area (Å²) in [6.45, 7) is 2.89. The van der Waals surface area contributed by atoms with Crippen LogP contribution in [0.4, 0.5) is 11.4 Å². The molecule has 0 spiro atoms. The number of carbonyl (C=O) groups is 1. The maximum atomic E-state index is 12.2. The van der Waals surface area contributed by atoms with Crippen LogP contribution in [0.25, 0.3) is 0 Å². The van der Waals surface area contributed by atoms with Crippen molar-refractivity contribution in [2.75, 3.05) is 17.3 Å². The largest absolute Gasteiger partial charge is 0.370 e. The number of rotatable bonds is 6. The van der Waals surface area contributed by atoms with Gasteiger partial charge in [0.25, 0.3) is 0 Å². The van der Waals surface area contributed by atoms with Gasteiger partial charge in [0, 0.05) is 25.0 Å². The average molecular weight is 344 g/mol. The summed E-state index contributed by atoms with van der Waals surface area (Å²) in [6.07, 6.45) is 0.385. The zero-order chi connectivity index (χ0) is 18.4. The van der Waals surface area contributed by atoms with Crippen LogP contribution in [-0.2, 0) is 17.8 Å². The van der Waals surface area contributed by atoms with Crippen molar-refractivity contribution in [2.24, 2.45) is 0 Å². The predicted molar refractivity (Wildman–Crippen MR) is 109 cm³/mol. The second-order valence-electron chi connectivity index (χ2n) is 6.60. The van der Waals surface area contributed by atoms with Crippen molar-refractivity contribution in [1.29, 1.82) is 0 Å². The van der Waals surface area contributed by atoms with E-state index in [4.69, 9.17) is 0 Å². The number of benzene rings is 3. The van der Waals surface area contributed by atoms with E-state index in [1.54, 1.807) is 0 Å². The highest BCUT2D eigenvalue weighted by Crippen LogP contribution is 2.19. The standard InChI is InChI=1S/C23H24N2O/c1-18-8-10-19(11-9-18)16-23(26)24-21-12-14-22(15-13-21)25(2)17-20-6-4-3-5-7-20/h3-15H,16-17H2,1-2H3,(H,24,26). The van der Waals surface area contributed by atoms with Gasteiger partial charge in [-0.05, 0) is 42.3 Å². The molecular weight excluding hydrogens is 320 g/mol. The third-order valence-electron chi connectivity index (χ3n) is 4.34. The van der Waals surface area contributed by atoms with Gasteiger partial charge in [0.2, 0.25) is 5.91 Å². The van der Waals surface area contributed by atoms with Crippen molar-refractivity contribution in [3.05, 3.63) is 95.6 Å². The second kappa shape index (κ2) is 8.34. The van der Waals surface area contributed by atoms with E-state index in [9.17, 15) is 4.79 Å². The number of nitrogens with zero attached hydrogens (tertiary/aromatic N) is 1. The fourth-order valence-corrected chi connectivity index (χ4v) is 2.84. The van der Waals surface area contributed by atoms with Gasteiger partial charge in [0.15, 0.2) is 0 Å². The summed E-state index contributed by atoms with van der Waals surface area (Å²) in [5, 5.41) is 2.96. The van der Waals surface area contributed by atoms with E-state index in [0.717, 1.165) is 23.5 Å². The summed E-state index contributed by atoms with van der Waals surface area (Å²) in [4.78, 5) is 14.4. The molecule has 0 unspecified atom stereocenters. The Hall–Kier alpha value is -3.07. The molecule has 1 N–H and O–H groups in total. The Balaban J connectivity index is 1.56. The van der Waals surface area contributed by atoms with Crippen molar-refractivity contribution < 1.29 is 4.79 Å². The SMILES string of the molecule is Cc1ccc(CC(=O)Nc2ccc(N(C)Cc3ccccc3)cc2)cc1. The number of nitrogens with one attached hydrogen (secondary N) is 1. The minimum atomic E-state index is -0.000701. The van der Waals surface area contributed by atoms with Crippen LogP contribution in [0.2, 0.25) is 0 Å². The smallest absolute Gasteiger partial charge is 0.228 e. The molecule has 0 saturated heterocycles. The molecule has 0 heterocycles. The molecule has 3 aromatic carbocycles. The van der Waals surface area contributed by atoms with Crippen molar-refractivity contribution >= 4 is 17.3 Å². The summed E-state index contributed by atoms with van der Waals surface area (Å²) in [6, 6.07) is 26.4. The Bertz CT molecular complexity index is 840. The molecule has 0 saturated carbocycles. The molecule has 0 fully saturated rings. The predicted octanol–water partition coefficient (Wildman–Crippen LogP) is 4.81. The van der Waals surface area contributed by atoms with Gasteiger partial charge in [-0.25, -0.2) is 0 Å². The molecule has 3 nitrogen and oxygen atoms in total. The third kappa shape index (κ3) is 4.96. The topological polar surface area (TPSA) is 32.3 Å². The van der Waals surface area contributed by atoms with E-state index in [1.807, 2.05) is 61.5 Å². The maximum absolute atomic E-state index is 12.2. The molecular formula is C23H24N2O. The van der Waals surface area contributed by atoms with Gasteiger partial charge in [-0.1, -0.05) is 60.2 Å². The highest BCUT2D eigenvalue weighted by Gasteiger charge is 2.06. The quantitative estimate of drug-likeness (QED) is 0.696. The summed E-state index contributed by atoms with van der Waals surface area (Å²) in [7, 11) is 2.07. The zero-order valence-corrected chi connectivity index (χ0v) is 15.3. The van der Waals surface area contributed by atoms with E-state index in [0.29, 0.717) is 6.42 Å². The third-order valence-corrected chi connectivity index (χ3v) is 4.34. The van der Waals surface area contributed by atoms with Crippen LogP contribution in [0, 0.1) is 6.92 Å². The zero-order valence-electron chi connectivity index (χ0n) is 15.3. The summed E-state index contributed by atoms with van der Waals surface area (Å²) in [5.74, 6) is -0.000701. The van der Waals surface area contributed by atoms with E-state index in [2.05, 4.69) is 41.5 Å². The Morgan fingerprint density at radius 1 is 0.846 bits per heavy atom. The van der Waals surface area contributed by atoms with Gasteiger partial charge in [-0.3, -0.25) is 4.79 Å². The number of hydrogen-bond donors (Lipinski definition) is 1. The van der Waals surface area contributed by atoms with Gasteiger partial charge in [0.05, 0.1) is 6.42 Å². The van der Waals surface area contributed by atoms with Gasteiger partial charge in [-0.2, -0.15) is 0 Å². The Morgan fingerprint density at radius 3 is 2.15 bits per heavy atom. The number of anilines is 2. The highest BCUT2D eigenvalue weighted by atomic mass is 16.1. The molecule has 0 aliphatic carbocycles. The molecule has 3 aromatic rings. The van der Waals surface area contributed by atoms with E-state index < -0.39 is 0 Å². The lowest BCUT2D eigenvalue weighted by atomic mass is 10.1. The Kier molecular flexibility index (Phi) is 5.69. The fraction of sp³-hybridized carbons (Fsp3) is 0.174. The second-order valence-corrected chi connectivity index (χ2v) is 6.60. The van der Waals surface area contributed by atoms with E-state index in [-0.39, 0.29) is 5.91 Å². The molecule has 26 heavy (non-hydrogen) atoms. The molecule has 0 radical (unpaired) electrons. The van der Waals surface area contributed by atoms with Gasteiger partial charge >= 0.3 is 0 Å². The lowest BCUT2D eigenvalue weighted by Crippen LogP contribution is -2.17. The van der Waals surface area contributed by atoms with Crippen LogP contribution in [0.3, 0.4) is 0 Å². The van der Waals surface area contributed by atoms with E-state index in [1.165, 1.54) is 11.1 Å². The first kappa shape index (κ1) is 17.7. The van der Waals surface area contributed by atoms with Crippen LogP contribution >= 0.6 is 0 Å². The van der Waals surface area contributed by atoms with Crippen LogP contribution < -0.4 is 10.2 Å². The lowest BCUT2D eigenvalue weighted by molar-refractivity contribution is -0.115. The maximum Gasteiger partial charge on any atom is 0.228 e. The molecule has 0 aliphatic rings. The summed E-state index contributed by atoms with van der Waals surface area (Å²) >= 11 is 0.